The molecule has 1 fully saturated rings. The lowest BCUT2D eigenvalue weighted by Gasteiger charge is -2.39. The van der Waals surface area contributed by atoms with Crippen LogP contribution in [0.5, 0.6) is 0 Å². The highest BCUT2D eigenvalue weighted by Crippen LogP contribution is 2.45. The van der Waals surface area contributed by atoms with Crippen molar-refractivity contribution < 1.29 is 0 Å². The number of fused-ring (bicyclic) bond motifs is 1. The van der Waals surface area contributed by atoms with Gasteiger partial charge in [-0.25, -0.2) is 0 Å². The Bertz CT molecular complexity index is 564. The van der Waals surface area contributed by atoms with Gasteiger partial charge in [0.05, 0.1) is 0 Å². The molecular weight excluding hydrogens is 250 g/mol. The zero-order valence-corrected chi connectivity index (χ0v) is 12.9. The zero-order valence-electron chi connectivity index (χ0n) is 12.1. The van der Waals surface area contributed by atoms with Crippen LogP contribution in [0.2, 0.25) is 0 Å². The number of thiophene rings is 1. The van der Waals surface area contributed by atoms with E-state index in [9.17, 15) is 0 Å². The number of benzene rings is 1. The summed E-state index contributed by atoms with van der Waals surface area (Å²) in [5.41, 5.74) is 1.81. The Balaban J connectivity index is 1.77. The van der Waals surface area contributed by atoms with Crippen LogP contribution in [0.15, 0.2) is 29.6 Å². The molecule has 0 spiro atoms. The fourth-order valence-electron chi connectivity index (χ4n) is 2.97. The molecule has 1 aliphatic rings. The summed E-state index contributed by atoms with van der Waals surface area (Å²) < 4.78 is 1.51. The number of nitrogens with one attached hydrogen (secondary N) is 1. The van der Waals surface area contributed by atoms with Crippen LogP contribution in [0, 0.1) is 5.92 Å². The minimum Gasteiger partial charge on any atom is -0.312 e. The summed E-state index contributed by atoms with van der Waals surface area (Å²) >= 11 is 1.90. The first-order valence-electron chi connectivity index (χ1n) is 7.26. The van der Waals surface area contributed by atoms with E-state index < -0.39 is 0 Å². The number of rotatable bonds is 3. The van der Waals surface area contributed by atoms with Crippen molar-refractivity contribution >= 4 is 21.4 Å². The molecule has 0 aliphatic heterocycles. The van der Waals surface area contributed by atoms with Gasteiger partial charge >= 0.3 is 0 Å². The highest BCUT2D eigenvalue weighted by atomic mass is 32.1. The zero-order chi connectivity index (χ0) is 13.5. The van der Waals surface area contributed by atoms with Gasteiger partial charge in [0.15, 0.2) is 0 Å². The molecule has 1 aliphatic carbocycles. The summed E-state index contributed by atoms with van der Waals surface area (Å²) in [6.07, 6.45) is 2.73. The lowest BCUT2D eigenvalue weighted by atomic mass is 9.69. The van der Waals surface area contributed by atoms with Crippen molar-refractivity contribution in [1.29, 1.82) is 0 Å². The van der Waals surface area contributed by atoms with Gasteiger partial charge in [-0.05, 0) is 74.4 Å². The predicted octanol–water partition coefficient (Wildman–Crippen LogP) is 4.78. The van der Waals surface area contributed by atoms with Gasteiger partial charge in [-0.2, -0.15) is 0 Å². The van der Waals surface area contributed by atoms with Gasteiger partial charge in [-0.1, -0.05) is 18.2 Å². The van der Waals surface area contributed by atoms with Crippen LogP contribution in [-0.2, 0) is 0 Å². The quantitative estimate of drug-likeness (QED) is 0.848. The maximum atomic E-state index is 3.67. The Hall–Kier alpha value is -0.860. The van der Waals surface area contributed by atoms with Gasteiger partial charge in [0, 0.05) is 10.2 Å². The predicted molar refractivity (Wildman–Crippen MR) is 85.0 cm³/mol. The van der Waals surface area contributed by atoms with Crippen molar-refractivity contribution in [3.05, 3.63) is 35.2 Å². The molecule has 1 saturated carbocycles. The summed E-state index contributed by atoms with van der Waals surface area (Å²) in [4.78, 5) is 0. The van der Waals surface area contributed by atoms with Crippen LogP contribution in [0.1, 0.15) is 45.1 Å². The fraction of sp³-hybridized carbons (Fsp3) is 0.529. The normalized spacial score (nSPS) is 23.5. The van der Waals surface area contributed by atoms with Gasteiger partial charge in [-0.3, -0.25) is 0 Å². The Morgan fingerprint density at radius 1 is 1.21 bits per heavy atom. The SMILES string of the molecule is CC(C)(C)NCC1CCC1c1cccc2ccsc12. The molecule has 0 bridgehead atoms. The first-order chi connectivity index (χ1) is 9.04. The maximum Gasteiger partial charge on any atom is 0.0377 e. The van der Waals surface area contributed by atoms with Gasteiger partial charge in [0.25, 0.3) is 0 Å². The van der Waals surface area contributed by atoms with E-state index in [1.165, 1.54) is 22.9 Å². The van der Waals surface area contributed by atoms with Crippen molar-refractivity contribution in [1.82, 2.24) is 5.32 Å². The summed E-state index contributed by atoms with van der Waals surface area (Å²) in [5, 5.41) is 7.30. The Labute approximate surface area is 120 Å². The first kappa shape index (κ1) is 13.1. The monoisotopic (exact) mass is 273 g/mol. The second-order valence-electron chi connectivity index (χ2n) is 6.76. The molecule has 1 N–H and O–H groups in total. The van der Waals surface area contributed by atoms with Crippen LogP contribution in [0.25, 0.3) is 10.1 Å². The smallest absolute Gasteiger partial charge is 0.0377 e. The third kappa shape index (κ3) is 2.70. The highest BCUT2D eigenvalue weighted by molar-refractivity contribution is 7.17. The van der Waals surface area contributed by atoms with Crippen molar-refractivity contribution in [3.8, 4) is 0 Å². The molecular formula is C17H23NS. The molecule has 1 aromatic heterocycles. The van der Waals surface area contributed by atoms with E-state index in [0.717, 1.165) is 18.4 Å². The number of hydrogen-bond acceptors (Lipinski definition) is 2. The Morgan fingerprint density at radius 3 is 2.74 bits per heavy atom. The summed E-state index contributed by atoms with van der Waals surface area (Å²) in [7, 11) is 0. The van der Waals surface area contributed by atoms with Crippen molar-refractivity contribution in [3.63, 3.8) is 0 Å². The largest absolute Gasteiger partial charge is 0.312 e. The topological polar surface area (TPSA) is 12.0 Å². The summed E-state index contributed by atoms with van der Waals surface area (Å²) in [5.74, 6) is 1.57. The van der Waals surface area contributed by atoms with E-state index in [0.29, 0.717) is 0 Å². The molecule has 2 unspecified atom stereocenters. The Morgan fingerprint density at radius 2 is 2.05 bits per heavy atom. The highest BCUT2D eigenvalue weighted by Gasteiger charge is 2.33. The van der Waals surface area contributed by atoms with Crippen molar-refractivity contribution in [2.45, 2.75) is 45.1 Å². The molecule has 0 amide bonds. The molecule has 102 valence electrons. The van der Waals surface area contributed by atoms with Gasteiger partial charge in [-0.15, -0.1) is 11.3 Å². The van der Waals surface area contributed by atoms with E-state index in [4.69, 9.17) is 0 Å². The fourth-order valence-corrected chi connectivity index (χ4v) is 3.95. The standard InChI is InChI=1S/C17H23NS/c1-17(2,3)18-11-13-7-8-14(13)15-6-4-5-12-9-10-19-16(12)15/h4-6,9-10,13-14,18H,7-8,11H2,1-3H3. The second kappa shape index (κ2) is 4.92. The lowest BCUT2D eigenvalue weighted by molar-refractivity contribution is 0.227. The molecule has 19 heavy (non-hydrogen) atoms. The van der Waals surface area contributed by atoms with Crippen molar-refractivity contribution in [2.75, 3.05) is 6.54 Å². The van der Waals surface area contributed by atoms with E-state index in [-0.39, 0.29) is 5.54 Å². The van der Waals surface area contributed by atoms with E-state index in [1.807, 2.05) is 11.3 Å². The van der Waals surface area contributed by atoms with Crippen LogP contribution < -0.4 is 5.32 Å². The average Bonchev–Trinajstić information content (AvgIpc) is 2.75. The Kier molecular flexibility index (Phi) is 3.40. The summed E-state index contributed by atoms with van der Waals surface area (Å²) in [6.45, 7) is 7.90. The van der Waals surface area contributed by atoms with E-state index >= 15 is 0 Å². The van der Waals surface area contributed by atoms with Crippen LogP contribution in [-0.4, -0.2) is 12.1 Å². The molecule has 0 saturated heterocycles. The summed E-state index contributed by atoms with van der Waals surface area (Å²) in [6, 6.07) is 9.03. The van der Waals surface area contributed by atoms with E-state index in [1.54, 1.807) is 5.56 Å². The van der Waals surface area contributed by atoms with Crippen LogP contribution in [0.4, 0.5) is 0 Å². The molecule has 2 heteroatoms. The molecule has 1 aromatic carbocycles. The molecule has 3 rings (SSSR count). The molecule has 1 nitrogen and oxygen atoms in total. The van der Waals surface area contributed by atoms with Crippen molar-refractivity contribution in [2.24, 2.45) is 5.92 Å². The molecule has 2 atom stereocenters. The second-order valence-corrected chi connectivity index (χ2v) is 7.68. The van der Waals surface area contributed by atoms with Gasteiger partial charge in [0.1, 0.15) is 0 Å². The third-order valence-corrected chi connectivity index (χ3v) is 5.20. The first-order valence-corrected chi connectivity index (χ1v) is 8.14. The van der Waals surface area contributed by atoms with Crippen LogP contribution in [0.3, 0.4) is 0 Å². The van der Waals surface area contributed by atoms with E-state index in [2.05, 4.69) is 55.7 Å². The molecule has 2 aromatic rings. The average molecular weight is 273 g/mol. The minimum absolute atomic E-state index is 0.231. The third-order valence-electron chi connectivity index (χ3n) is 4.22. The van der Waals surface area contributed by atoms with Crippen LogP contribution >= 0.6 is 11.3 Å². The number of hydrogen-bond donors (Lipinski definition) is 1. The molecule has 1 heterocycles. The maximum absolute atomic E-state index is 3.67. The molecule has 0 radical (unpaired) electrons. The lowest BCUT2D eigenvalue weighted by Crippen LogP contribution is -2.42. The minimum atomic E-state index is 0.231. The van der Waals surface area contributed by atoms with Gasteiger partial charge in [0.2, 0.25) is 0 Å². The van der Waals surface area contributed by atoms with Gasteiger partial charge < -0.3 is 5.32 Å².